The van der Waals surface area contributed by atoms with Crippen molar-refractivity contribution in [2.24, 2.45) is 0 Å². The molecule has 0 saturated heterocycles. The van der Waals surface area contributed by atoms with E-state index < -0.39 is 0 Å². The molecule has 0 aliphatic heterocycles. The second kappa shape index (κ2) is 11.1. The van der Waals surface area contributed by atoms with Gasteiger partial charge in [-0.1, -0.05) is 36.7 Å². The average molecular weight is 435 g/mol. The van der Waals surface area contributed by atoms with Crippen LogP contribution in [0.15, 0.2) is 18.2 Å². The molecule has 1 aromatic carbocycles. The maximum absolute atomic E-state index is 12.4. The Morgan fingerprint density at radius 1 is 1.17 bits per heavy atom. The van der Waals surface area contributed by atoms with E-state index in [0.717, 1.165) is 23.4 Å². The van der Waals surface area contributed by atoms with E-state index in [4.69, 9.17) is 14.2 Å². The summed E-state index contributed by atoms with van der Waals surface area (Å²) in [4.78, 5) is 12.4. The molecule has 1 fully saturated rings. The molecule has 1 saturated carbocycles. The summed E-state index contributed by atoms with van der Waals surface area (Å²) in [6.07, 6.45) is 6.09. The molecule has 0 bridgehead atoms. The van der Waals surface area contributed by atoms with Crippen molar-refractivity contribution >= 4 is 22.5 Å². The minimum Gasteiger partial charge on any atom is -0.493 e. The van der Waals surface area contributed by atoms with Gasteiger partial charge in [-0.05, 0) is 37.5 Å². The number of amides is 2. The number of rotatable bonds is 9. The molecule has 1 aromatic heterocycles. The molecule has 1 heterocycles. The van der Waals surface area contributed by atoms with Crippen molar-refractivity contribution in [2.75, 3.05) is 32.8 Å². The van der Waals surface area contributed by atoms with Gasteiger partial charge < -0.3 is 19.5 Å². The van der Waals surface area contributed by atoms with Gasteiger partial charge in [0.25, 0.3) is 0 Å². The summed E-state index contributed by atoms with van der Waals surface area (Å²) in [6, 6.07) is 5.06. The van der Waals surface area contributed by atoms with Crippen molar-refractivity contribution in [3.63, 3.8) is 0 Å². The summed E-state index contributed by atoms with van der Waals surface area (Å²) in [5.74, 6) is 1.73. The molecule has 9 heteroatoms. The predicted octanol–water partition coefficient (Wildman–Crippen LogP) is 4.50. The number of carbonyl (C=O) groups excluding carboxylic acids is 1. The molecule has 8 nitrogen and oxygen atoms in total. The van der Waals surface area contributed by atoms with Crippen LogP contribution in [0.25, 0.3) is 0 Å². The Morgan fingerprint density at radius 3 is 2.70 bits per heavy atom. The lowest BCUT2D eigenvalue weighted by molar-refractivity contribution is 0.144. The second-order valence-corrected chi connectivity index (χ2v) is 8.36. The number of benzene rings is 1. The van der Waals surface area contributed by atoms with Crippen LogP contribution >= 0.6 is 11.3 Å². The van der Waals surface area contributed by atoms with Gasteiger partial charge in [-0.2, -0.15) is 0 Å². The topological polar surface area (TPSA) is 94.6 Å². The van der Waals surface area contributed by atoms with Gasteiger partial charge in [0.1, 0.15) is 11.6 Å². The standard InChI is InChI=1S/C21H30N4O4S/c1-14(16-9-10-17(18(13-16)28-3)29-12-11-27-2)22-20(26)23-21-25-24-19(30-21)15-7-5-4-6-8-15/h9-10,13-15H,4-8,11-12H2,1-3H3,(H2,22,23,25,26). The number of hydrogen-bond acceptors (Lipinski definition) is 7. The Hall–Kier alpha value is -2.39. The molecule has 0 spiro atoms. The fourth-order valence-electron chi connectivity index (χ4n) is 3.52. The highest BCUT2D eigenvalue weighted by atomic mass is 32.1. The monoisotopic (exact) mass is 434 g/mol. The molecule has 1 atom stereocenters. The highest BCUT2D eigenvalue weighted by Gasteiger charge is 2.20. The van der Waals surface area contributed by atoms with Gasteiger partial charge in [0, 0.05) is 13.0 Å². The van der Waals surface area contributed by atoms with E-state index in [-0.39, 0.29) is 12.1 Å². The predicted molar refractivity (Wildman–Crippen MR) is 117 cm³/mol. The van der Waals surface area contributed by atoms with Crippen molar-refractivity contribution < 1.29 is 19.0 Å². The largest absolute Gasteiger partial charge is 0.493 e. The smallest absolute Gasteiger partial charge is 0.321 e. The quantitative estimate of drug-likeness (QED) is 0.564. The minimum absolute atomic E-state index is 0.224. The number of ether oxygens (including phenoxy) is 3. The molecule has 30 heavy (non-hydrogen) atoms. The van der Waals surface area contributed by atoms with E-state index in [1.807, 2.05) is 25.1 Å². The number of anilines is 1. The zero-order valence-electron chi connectivity index (χ0n) is 17.8. The van der Waals surface area contributed by atoms with Crippen molar-refractivity contribution in [3.8, 4) is 11.5 Å². The lowest BCUT2D eigenvalue weighted by atomic mass is 9.90. The Kier molecular flexibility index (Phi) is 8.27. The normalized spacial score (nSPS) is 15.4. The van der Waals surface area contributed by atoms with Gasteiger partial charge in [-0.25, -0.2) is 4.79 Å². The highest BCUT2D eigenvalue weighted by Crippen LogP contribution is 2.35. The molecule has 2 N–H and O–H groups in total. The molecule has 1 aliphatic carbocycles. The lowest BCUT2D eigenvalue weighted by Gasteiger charge is -2.18. The van der Waals surface area contributed by atoms with Gasteiger partial charge in [-0.3, -0.25) is 5.32 Å². The van der Waals surface area contributed by atoms with Gasteiger partial charge in [-0.15, -0.1) is 10.2 Å². The number of carbonyl (C=O) groups is 1. The van der Waals surface area contributed by atoms with Crippen LogP contribution in [0, 0.1) is 0 Å². The fourth-order valence-corrected chi connectivity index (χ4v) is 4.43. The first-order chi connectivity index (χ1) is 14.6. The first-order valence-corrected chi connectivity index (χ1v) is 11.1. The molecule has 1 aliphatic rings. The van der Waals surface area contributed by atoms with E-state index in [1.54, 1.807) is 14.2 Å². The van der Waals surface area contributed by atoms with Crippen LogP contribution < -0.4 is 20.1 Å². The van der Waals surface area contributed by atoms with E-state index in [9.17, 15) is 4.79 Å². The third-order valence-electron chi connectivity index (χ3n) is 5.20. The van der Waals surface area contributed by atoms with E-state index >= 15 is 0 Å². The molecule has 2 aromatic rings. The number of aromatic nitrogens is 2. The molecule has 3 rings (SSSR count). The maximum Gasteiger partial charge on any atom is 0.321 e. The van der Waals surface area contributed by atoms with Crippen molar-refractivity contribution in [3.05, 3.63) is 28.8 Å². The Morgan fingerprint density at radius 2 is 1.97 bits per heavy atom. The van der Waals surface area contributed by atoms with Crippen LogP contribution in [0.5, 0.6) is 11.5 Å². The van der Waals surface area contributed by atoms with E-state index in [0.29, 0.717) is 35.8 Å². The average Bonchev–Trinajstić information content (AvgIpc) is 3.23. The van der Waals surface area contributed by atoms with Crippen LogP contribution in [-0.2, 0) is 4.74 Å². The van der Waals surface area contributed by atoms with Crippen LogP contribution in [0.4, 0.5) is 9.93 Å². The third-order valence-corrected chi connectivity index (χ3v) is 6.20. The van der Waals surface area contributed by atoms with Crippen LogP contribution in [0.2, 0.25) is 0 Å². The third kappa shape index (κ3) is 6.06. The molecular formula is C21H30N4O4S. The summed E-state index contributed by atoms with van der Waals surface area (Å²) in [5.41, 5.74) is 0.904. The fraction of sp³-hybridized carbons (Fsp3) is 0.571. The van der Waals surface area contributed by atoms with E-state index in [2.05, 4.69) is 20.8 Å². The SMILES string of the molecule is COCCOc1ccc(C(C)NC(=O)Nc2nnc(C3CCCCC3)s2)cc1OC. The second-order valence-electron chi connectivity index (χ2n) is 7.35. The Labute approximate surface area is 181 Å². The zero-order valence-corrected chi connectivity index (χ0v) is 18.6. The molecule has 1 unspecified atom stereocenters. The van der Waals surface area contributed by atoms with Crippen LogP contribution in [0.1, 0.15) is 61.6 Å². The highest BCUT2D eigenvalue weighted by molar-refractivity contribution is 7.15. The molecule has 0 radical (unpaired) electrons. The van der Waals surface area contributed by atoms with Gasteiger partial charge in [0.2, 0.25) is 5.13 Å². The van der Waals surface area contributed by atoms with Gasteiger partial charge >= 0.3 is 6.03 Å². The number of methoxy groups -OCH3 is 2. The van der Waals surface area contributed by atoms with E-state index in [1.165, 1.54) is 30.6 Å². The summed E-state index contributed by atoms with van der Waals surface area (Å²) in [7, 11) is 3.22. The first kappa shape index (κ1) is 22.3. The van der Waals surface area contributed by atoms with Crippen LogP contribution in [-0.4, -0.2) is 43.7 Å². The first-order valence-electron chi connectivity index (χ1n) is 10.3. The number of urea groups is 1. The van der Waals surface area contributed by atoms with Gasteiger partial charge in [0.05, 0.1) is 19.8 Å². The number of hydrogen-bond donors (Lipinski definition) is 2. The summed E-state index contributed by atoms with van der Waals surface area (Å²) >= 11 is 1.47. The van der Waals surface area contributed by atoms with Crippen molar-refractivity contribution in [1.82, 2.24) is 15.5 Å². The summed E-state index contributed by atoms with van der Waals surface area (Å²) < 4.78 is 16.1. The van der Waals surface area contributed by atoms with Crippen molar-refractivity contribution in [2.45, 2.75) is 51.0 Å². The Bertz CT molecular complexity index is 823. The minimum atomic E-state index is -0.312. The van der Waals surface area contributed by atoms with Crippen molar-refractivity contribution in [1.29, 1.82) is 0 Å². The summed E-state index contributed by atoms with van der Waals surface area (Å²) in [6.45, 7) is 2.84. The zero-order chi connectivity index (χ0) is 21.3. The maximum atomic E-state index is 12.4. The number of nitrogens with zero attached hydrogens (tertiary/aromatic N) is 2. The molecule has 164 valence electrons. The van der Waals surface area contributed by atoms with Gasteiger partial charge in [0.15, 0.2) is 11.5 Å². The molecular weight excluding hydrogens is 404 g/mol. The summed E-state index contributed by atoms with van der Waals surface area (Å²) in [5, 5.41) is 15.7. The molecule has 2 amide bonds. The Balaban J connectivity index is 1.55. The van der Waals surface area contributed by atoms with Crippen LogP contribution in [0.3, 0.4) is 0 Å². The lowest BCUT2D eigenvalue weighted by Crippen LogP contribution is -2.31. The number of nitrogens with one attached hydrogen (secondary N) is 2.